The van der Waals surface area contributed by atoms with E-state index in [2.05, 4.69) is 4.99 Å². The lowest BCUT2D eigenvalue weighted by atomic mass is 9.81. The fraction of sp³-hybridized carbons (Fsp3) is 0.300. The molecule has 5 nitrogen and oxygen atoms in total. The molecule has 0 saturated heterocycles. The van der Waals surface area contributed by atoms with E-state index in [1.807, 2.05) is 31.2 Å². The van der Waals surface area contributed by atoms with Gasteiger partial charge in [0.1, 0.15) is 5.75 Å². The largest absolute Gasteiger partial charge is 0.460 e. The highest BCUT2D eigenvalue weighted by atomic mass is 19.1. The van der Waals surface area contributed by atoms with Crippen molar-refractivity contribution in [1.82, 2.24) is 4.90 Å². The minimum absolute atomic E-state index is 0.159. The molecule has 1 heterocycles. The van der Waals surface area contributed by atoms with Crippen LogP contribution in [0.1, 0.15) is 29.2 Å². The van der Waals surface area contributed by atoms with E-state index in [0.717, 1.165) is 16.7 Å². The highest BCUT2D eigenvalue weighted by molar-refractivity contribution is 6.08. The summed E-state index contributed by atoms with van der Waals surface area (Å²) in [4.78, 5) is 19.1. The van der Waals surface area contributed by atoms with Crippen LogP contribution in [-0.2, 0) is 10.3 Å². The van der Waals surface area contributed by atoms with Gasteiger partial charge in [-0.05, 0) is 42.7 Å². The highest BCUT2D eigenvalue weighted by Gasteiger charge is 2.49. The number of carbonyl (C=O) groups excluding carboxylic acids is 1. The van der Waals surface area contributed by atoms with Crippen LogP contribution >= 0.6 is 0 Å². The van der Waals surface area contributed by atoms with E-state index in [4.69, 9.17) is 10.5 Å². The Hall–Kier alpha value is -2.89. The van der Waals surface area contributed by atoms with Crippen LogP contribution in [-0.4, -0.2) is 30.2 Å². The lowest BCUT2D eigenvalue weighted by molar-refractivity contribution is -0.129. The van der Waals surface area contributed by atoms with Crippen LogP contribution in [0.25, 0.3) is 0 Å². The Kier molecular flexibility index (Phi) is 4.44. The van der Waals surface area contributed by atoms with Gasteiger partial charge in [0.25, 0.3) is 5.91 Å². The van der Waals surface area contributed by atoms with Crippen molar-refractivity contribution in [1.29, 1.82) is 0 Å². The van der Waals surface area contributed by atoms with Crippen molar-refractivity contribution in [2.24, 2.45) is 10.7 Å². The number of carbonyl (C=O) groups is 1. The summed E-state index contributed by atoms with van der Waals surface area (Å²) in [5.74, 6) is 0.360. The predicted molar refractivity (Wildman–Crippen MR) is 98.7 cm³/mol. The average molecular weight is 355 g/mol. The molecular formula is C20H22FN3O2. The molecule has 0 radical (unpaired) electrons. The van der Waals surface area contributed by atoms with Crippen LogP contribution in [0.15, 0.2) is 47.5 Å². The van der Waals surface area contributed by atoms with Crippen molar-refractivity contribution < 1.29 is 13.9 Å². The van der Waals surface area contributed by atoms with E-state index >= 15 is 0 Å². The predicted octanol–water partition coefficient (Wildman–Crippen LogP) is 3.03. The molecule has 2 aromatic carbocycles. The molecule has 3 rings (SSSR count). The lowest BCUT2D eigenvalue weighted by Gasteiger charge is -2.27. The molecule has 0 spiro atoms. The van der Waals surface area contributed by atoms with Crippen molar-refractivity contribution >= 4 is 11.9 Å². The second kappa shape index (κ2) is 6.44. The molecule has 1 amide bonds. The van der Waals surface area contributed by atoms with Gasteiger partial charge in [-0.1, -0.05) is 35.9 Å². The van der Waals surface area contributed by atoms with Gasteiger partial charge in [0.05, 0.1) is 0 Å². The number of benzene rings is 2. The number of alkyl halides is 1. The van der Waals surface area contributed by atoms with Crippen molar-refractivity contribution in [2.45, 2.75) is 32.7 Å². The van der Waals surface area contributed by atoms with Crippen LogP contribution in [0.5, 0.6) is 5.75 Å². The summed E-state index contributed by atoms with van der Waals surface area (Å²) < 4.78 is 18.4. The number of halogens is 1. The Bertz CT molecular complexity index is 894. The first-order valence-corrected chi connectivity index (χ1v) is 8.38. The van der Waals surface area contributed by atoms with Gasteiger partial charge in [0.2, 0.25) is 6.36 Å². The first-order chi connectivity index (χ1) is 12.3. The van der Waals surface area contributed by atoms with Gasteiger partial charge in [-0.3, -0.25) is 9.69 Å². The number of hydrogen-bond acceptors (Lipinski definition) is 4. The van der Waals surface area contributed by atoms with Gasteiger partial charge in [-0.2, -0.15) is 0 Å². The third-order valence-electron chi connectivity index (χ3n) is 4.56. The third-order valence-corrected chi connectivity index (χ3v) is 4.56. The fourth-order valence-corrected chi connectivity index (χ4v) is 3.24. The topological polar surface area (TPSA) is 67.9 Å². The lowest BCUT2D eigenvalue weighted by Crippen LogP contribution is -2.41. The number of aryl methyl sites for hydroxylation is 2. The van der Waals surface area contributed by atoms with Crippen molar-refractivity contribution in [3.8, 4) is 5.75 Å². The number of rotatable bonds is 4. The smallest absolute Gasteiger partial charge is 0.266 e. The fourth-order valence-electron chi connectivity index (χ4n) is 3.24. The zero-order chi connectivity index (χ0) is 19.1. The Labute approximate surface area is 152 Å². The first-order valence-electron chi connectivity index (χ1n) is 8.38. The molecule has 0 fully saturated rings. The zero-order valence-corrected chi connectivity index (χ0v) is 15.3. The number of nitrogens with two attached hydrogens (primary N) is 1. The molecule has 1 aliphatic heterocycles. The third kappa shape index (κ3) is 2.81. The molecule has 0 aliphatic carbocycles. The second-order valence-electron chi connectivity index (χ2n) is 6.56. The molecule has 26 heavy (non-hydrogen) atoms. The molecule has 1 aliphatic rings. The summed E-state index contributed by atoms with van der Waals surface area (Å²) in [5.41, 5.74) is 7.85. The number of ether oxygens (including phenoxy) is 1. The van der Waals surface area contributed by atoms with Gasteiger partial charge in [-0.25, -0.2) is 9.38 Å². The number of amides is 1. The van der Waals surface area contributed by atoms with Crippen LogP contribution in [0.3, 0.4) is 0 Å². The maximum absolute atomic E-state index is 13.2. The molecule has 136 valence electrons. The van der Waals surface area contributed by atoms with Crippen molar-refractivity contribution in [2.75, 3.05) is 7.05 Å². The van der Waals surface area contributed by atoms with E-state index < -0.39 is 11.9 Å². The van der Waals surface area contributed by atoms with Crippen LogP contribution < -0.4 is 10.5 Å². The summed E-state index contributed by atoms with van der Waals surface area (Å²) >= 11 is 0. The number of guanidine groups is 1. The van der Waals surface area contributed by atoms with E-state index in [-0.39, 0.29) is 11.9 Å². The first kappa shape index (κ1) is 17.9. The number of nitrogens with zero attached hydrogens (tertiary/aromatic N) is 2. The molecule has 6 heteroatoms. The molecule has 0 aromatic heterocycles. The summed E-state index contributed by atoms with van der Waals surface area (Å²) in [7, 11) is 1.60. The second-order valence-corrected chi connectivity index (χ2v) is 6.56. The normalized spacial score (nSPS) is 20.9. The summed E-state index contributed by atoms with van der Waals surface area (Å²) in [6.07, 6.45) is -1.42. The van der Waals surface area contributed by atoms with Crippen LogP contribution in [0.4, 0.5) is 4.39 Å². The summed E-state index contributed by atoms with van der Waals surface area (Å²) in [6.45, 7) is 5.08. The summed E-state index contributed by atoms with van der Waals surface area (Å²) in [5, 5.41) is 0. The van der Waals surface area contributed by atoms with Gasteiger partial charge in [0, 0.05) is 14.0 Å². The number of likely N-dealkylation sites (N-methyl/N-ethyl adjacent to an activating group) is 1. The van der Waals surface area contributed by atoms with E-state index in [1.165, 1.54) is 11.8 Å². The molecule has 0 bridgehead atoms. The van der Waals surface area contributed by atoms with E-state index in [9.17, 15) is 9.18 Å². The molecule has 2 unspecified atom stereocenters. The van der Waals surface area contributed by atoms with E-state index in [1.54, 1.807) is 32.2 Å². The molecular weight excluding hydrogens is 333 g/mol. The Morgan fingerprint density at radius 1 is 1.19 bits per heavy atom. The quantitative estimate of drug-likeness (QED) is 0.917. The number of aliphatic imine (C=N–C) groups is 1. The van der Waals surface area contributed by atoms with Gasteiger partial charge < -0.3 is 10.5 Å². The minimum Gasteiger partial charge on any atom is -0.460 e. The highest BCUT2D eigenvalue weighted by Crippen LogP contribution is 2.40. The maximum atomic E-state index is 13.2. The van der Waals surface area contributed by atoms with Gasteiger partial charge in [-0.15, -0.1) is 0 Å². The van der Waals surface area contributed by atoms with E-state index in [0.29, 0.717) is 11.3 Å². The minimum atomic E-state index is -1.42. The van der Waals surface area contributed by atoms with Crippen molar-refractivity contribution in [3.05, 3.63) is 64.7 Å². The van der Waals surface area contributed by atoms with Crippen LogP contribution in [0, 0.1) is 13.8 Å². The Balaban J connectivity index is 2.21. The SMILES string of the molecule is Cc1cccc(C2(c3ccc(OC(C)F)c(C)c3)N=C(N)N(C)C2=O)c1. The molecule has 2 aromatic rings. The standard InChI is InChI=1S/C20H22FN3O2/c1-12-6-5-7-15(10-12)20(18(25)24(4)19(22)23-20)16-8-9-17(13(2)11-16)26-14(3)21/h5-11,14H,1-4H3,(H2,22,23). The molecule has 2 atom stereocenters. The average Bonchev–Trinajstić information content (AvgIpc) is 2.81. The Morgan fingerprint density at radius 2 is 1.88 bits per heavy atom. The van der Waals surface area contributed by atoms with Crippen LogP contribution in [0.2, 0.25) is 0 Å². The van der Waals surface area contributed by atoms with Gasteiger partial charge in [0.15, 0.2) is 11.5 Å². The Morgan fingerprint density at radius 3 is 2.42 bits per heavy atom. The van der Waals surface area contributed by atoms with Crippen molar-refractivity contribution in [3.63, 3.8) is 0 Å². The number of hydrogen-bond donors (Lipinski definition) is 1. The summed E-state index contributed by atoms with van der Waals surface area (Å²) in [6, 6.07) is 12.8. The molecule has 0 saturated carbocycles. The van der Waals surface area contributed by atoms with Gasteiger partial charge >= 0.3 is 0 Å². The monoisotopic (exact) mass is 355 g/mol. The molecule has 2 N–H and O–H groups in total. The maximum Gasteiger partial charge on any atom is 0.266 e. The zero-order valence-electron chi connectivity index (χ0n) is 15.3.